The molecular weight excluding hydrogens is 280 g/mol. The van der Waals surface area contributed by atoms with E-state index in [4.69, 9.17) is 4.74 Å². The highest BCUT2D eigenvalue weighted by molar-refractivity contribution is 5.83. The maximum atomic E-state index is 11.2. The van der Waals surface area contributed by atoms with Crippen LogP contribution in [0.25, 0.3) is 6.08 Å². The third kappa shape index (κ3) is 4.58. The lowest BCUT2D eigenvalue weighted by Crippen LogP contribution is -2.05. The van der Waals surface area contributed by atoms with Crippen molar-refractivity contribution in [2.75, 3.05) is 7.11 Å². The summed E-state index contributed by atoms with van der Waals surface area (Å²) in [5.41, 5.74) is 4.81. The first-order valence-corrected chi connectivity index (χ1v) is 6.99. The summed E-state index contributed by atoms with van der Waals surface area (Å²) in [5, 5.41) is 0. The van der Waals surface area contributed by atoms with Crippen LogP contribution in [-0.4, -0.2) is 19.0 Å². The molecule has 1 aromatic carbocycles. The minimum atomic E-state index is -0.378. The van der Waals surface area contributed by atoms with Crippen LogP contribution in [0.5, 0.6) is 5.75 Å². The Balaban J connectivity index is 3.16. The van der Waals surface area contributed by atoms with Crippen LogP contribution in [0.15, 0.2) is 23.8 Å². The Bertz CT molecular complexity index is 652. The average Bonchev–Trinajstić information content (AvgIpc) is 2.43. The number of benzene rings is 1. The van der Waals surface area contributed by atoms with Gasteiger partial charge in [0.05, 0.1) is 7.11 Å². The van der Waals surface area contributed by atoms with Crippen LogP contribution in [0.1, 0.15) is 36.1 Å². The number of ether oxygens (including phenoxy) is 2. The molecular formula is C18H22O4. The Morgan fingerprint density at radius 1 is 1.09 bits per heavy atom. The van der Waals surface area contributed by atoms with E-state index in [0.29, 0.717) is 5.75 Å². The van der Waals surface area contributed by atoms with E-state index in [9.17, 15) is 9.59 Å². The number of rotatable bonds is 4. The first kappa shape index (κ1) is 17.7. The Hall–Kier alpha value is -2.36. The molecule has 0 atom stereocenters. The minimum Gasteiger partial charge on any atom is -0.466 e. The van der Waals surface area contributed by atoms with Gasteiger partial charge in [0.1, 0.15) is 5.75 Å². The molecule has 0 bridgehead atoms. The maximum Gasteiger partial charge on any atom is 0.330 e. The van der Waals surface area contributed by atoms with Crippen molar-refractivity contribution in [3.8, 4) is 5.75 Å². The predicted molar refractivity (Wildman–Crippen MR) is 86.8 cm³/mol. The largest absolute Gasteiger partial charge is 0.466 e. The van der Waals surface area contributed by atoms with Gasteiger partial charge < -0.3 is 9.47 Å². The summed E-state index contributed by atoms with van der Waals surface area (Å²) in [7, 11) is 1.35. The third-order valence-corrected chi connectivity index (χ3v) is 3.42. The van der Waals surface area contributed by atoms with Gasteiger partial charge in [-0.05, 0) is 61.6 Å². The lowest BCUT2D eigenvalue weighted by atomic mass is 9.96. The second-order valence-electron chi connectivity index (χ2n) is 5.19. The molecule has 0 radical (unpaired) electrons. The molecule has 0 saturated heterocycles. The van der Waals surface area contributed by atoms with E-state index in [1.54, 1.807) is 0 Å². The molecule has 1 aromatic rings. The molecule has 0 heterocycles. The second-order valence-corrected chi connectivity index (χ2v) is 5.19. The topological polar surface area (TPSA) is 52.6 Å². The van der Waals surface area contributed by atoms with Gasteiger partial charge in [0.25, 0.3) is 0 Å². The molecule has 0 amide bonds. The average molecular weight is 302 g/mol. The lowest BCUT2D eigenvalue weighted by molar-refractivity contribution is -0.135. The van der Waals surface area contributed by atoms with Crippen LogP contribution >= 0.6 is 0 Å². The molecule has 0 N–H and O–H groups in total. The SMILES string of the molecule is COC(=O)/C=C(C)\C=C\c1c(C)cc(OC(C)=O)c(C)c1C. The van der Waals surface area contributed by atoms with Gasteiger partial charge in [0.15, 0.2) is 0 Å². The van der Waals surface area contributed by atoms with Crippen molar-refractivity contribution in [2.45, 2.75) is 34.6 Å². The normalized spacial score (nSPS) is 11.6. The van der Waals surface area contributed by atoms with Crippen molar-refractivity contribution in [3.63, 3.8) is 0 Å². The summed E-state index contributed by atoms with van der Waals surface area (Å²) in [5.74, 6) is -0.125. The molecule has 22 heavy (non-hydrogen) atoms. The predicted octanol–water partition coefficient (Wildman–Crippen LogP) is 3.67. The lowest BCUT2D eigenvalue weighted by Gasteiger charge is -2.14. The second kappa shape index (κ2) is 7.59. The fourth-order valence-electron chi connectivity index (χ4n) is 2.09. The highest BCUT2D eigenvalue weighted by atomic mass is 16.5. The number of methoxy groups -OCH3 is 1. The van der Waals surface area contributed by atoms with Crippen LogP contribution in [-0.2, 0) is 14.3 Å². The van der Waals surface area contributed by atoms with Gasteiger partial charge in [-0.3, -0.25) is 4.79 Å². The zero-order valence-electron chi connectivity index (χ0n) is 13.9. The first-order valence-electron chi connectivity index (χ1n) is 6.99. The Labute approximate surface area is 131 Å². The van der Waals surface area contributed by atoms with E-state index >= 15 is 0 Å². The standard InChI is InChI=1S/C18H22O4/c1-11(9-18(20)21-6)7-8-16-12(2)10-17(22-15(5)19)14(4)13(16)3/h7-10H,1-6H3/b8-7+,11-9-. The summed E-state index contributed by atoms with van der Waals surface area (Å²) in [4.78, 5) is 22.3. The zero-order valence-corrected chi connectivity index (χ0v) is 13.9. The van der Waals surface area contributed by atoms with Crippen LogP contribution in [0.3, 0.4) is 0 Å². The number of aryl methyl sites for hydroxylation is 1. The van der Waals surface area contributed by atoms with Gasteiger partial charge in [-0.25, -0.2) is 4.79 Å². The van der Waals surface area contributed by atoms with E-state index in [-0.39, 0.29) is 11.9 Å². The Morgan fingerprint density at radius 3 is 2.27 bits per heavy atom. The molecule has 118 valence electrons. The molecule has 0 aromatic heterocycles. The Kier molecular flexibility index (Phi) is 6.11. The highest BCUT2D eigenvalue weighted by Crippen LogP contribution is 2.29. The van der Waals surface area contributed by atoms with Crippen LogP contribution < -0.4 is 4.74 Å². The maximum absolute atomic E-state index is 11.2. The van der Waals surface area contributed by atoms with E-state index in [1.807, 2.05) is 45.9 Å². The van der Waals surface area contributed by atoms with Crippen LogP contribution in [0.2, 0.25) is 0 Å². The highest BCUT2D eigenvalue weighted by Gasteiger charge is 2.11. The fourth-order valence-corrected chi connectivity index (χ4v) is 2.09. The number of allylic oxidation sites excluding steroid dienone is 2. The molecule has 0 spiro atoms. The molecule has 0 saturated carbocycles. The number of carbonyl (C=O) groups excluding carboxylic acids is 2. The number of carbonyl (C=O) groups is 2. The van der Waals surface area contributed by atoms with E-state index in [1.165, 1.54) is 20.1 Å². The summed E-state index contributed by atoms with van der Waals surface area (Å²) >= 11 is 0. The van der Waals surface area contributed by atoms with Crippen LogP contribution in [0, 0.1) is 20.8 Å². The zero-order chi connectivity index (χ0) is 16.9. The summed E-state index contributed by atoms with van der Waals surface area (Å²) in [6, 6.07) is 1.85. The van der Waals surface area contributed by atoms with Crippen molar-refractivity contribution in [2.24, 2.45) is 0 Å². The Morgan fingerprint density at radius 2 is 1.73 bits per heavy atom. The van der Waals surface area contributed by atoms with Gasteiger partial charge in [0.2, 0.25) is 0 Å². The monoisotopic (exact) mass is 302 g/mol. The smallest absolute Gasteiger partial charge is 0.330 e. The van der Waals surface area contributed by atoms with Crippen molar-refractivity contribution < 1.29 is 19.1 Å². The molecule has 1 rings (SSSR count). The summed E-state index contributed by atoms with van der Waals surface area (Å²) in [6.07, 6.45) is 5.24. The number of hydrogen-bond acceptors (Lipinski definition) is 4. The van der Waals surface area contributed by atoms with Crippen molar-refractivity contribution in [1.29, 1.82) is 0 Å². The molecule has 0 unspecified atom stereocenters. The van der Waals surface area contributed by atoms with Gasteiger partial charge in [-0.1, -0.05) is 12.2 Å². The molecule has 0 aliphatic carbocycles. The third-order valence-electron chi connectivity index (χ3n) is 3.42. The number of esters is 2. The van der Waals surface area contributed by atoms with Gasteiger partial charge in [-0.15, -0.1) is 0 Å². The van der Waals surface area contributed by atoms with Crippen LogP contribution in [0.4, 0.5) is 0 Å². The van der Waals surface area contributed by atoms with Gasteiger partial charge >= 0.3 is 11.9 Å². The molecule has 0 fully saturated rings. The fraction of sp³-hybridized carbons (Fsp3) is 0.333. The minimum absolute atomic E-state index is 0.331. The van der Waals surface area contributed by atoms with Gasteiger partial charge in [-0.2, -0.15) is 0 Å². The molecule has 0 aliphatic rings. The molecule has 4 nitrogen and oxygen atoms in total. The number of hydrogen-bond donors (Lipinski definition) is 0. The van der Waals surface area contributed by atoms with Crippen molar-refractivity contribution >= 4 is 18.0 Å². The van der Waals surface area contributed by atoms with E-state index in [0.717, 1.165) is 27.8 Å². The summed E-state index contributed by atoms with van der Waals surface area (Å²) < 4.78 is 9.81. The van der Waals surface area contributed by atoms with E-state index < -0.39 is 0 Å². The van der Waals surface area contributed by atoms with E-state index in [2.05, 4.69) is 4.74 Å². The molecule has 0 aliphatic heterocycles. The summed E-state index contributed by atoms with van der Waals surface area (Å²) in [6.45, 7) is 9.07. The van der Waals surface area contributed by atoms with Crippen molar-refractivity contribution in [3.05, 3.63) is 46.0 Å². The quantitative estimate of drug-likeness (QED) is 0.368. The van der Waals surface area contributed by atoms with Gasteiger partial charge in [0, 0.05) is 13.0 Å². The van der Waals surface area contributed by atoms with Crippen molar-refractivity contribution in [1.82, 2.24) is 0 Å². The molecule has 4 heteroatoms. The first-order chi connectivity index (χ1) is 10.3.